The highest BCUT2D eigenvalue weighted by Crippen LogP contribution is 2.35. The smallest absolute Gasteiger partial charge is 0.365 e. The number of piperidine rings is 1. The average Bonchev–Trinajstić information content (AvgIpc) is 3.66. The summed E-state index contributed by atoms with van der Waals surface area (Å²) in [5.74, 6) is 1.24. The van der Waals surface area contributed by atoms with Gasteiger partial charge in [-0.1, -0.05) is 24.4 Å². The molecule has 2 aromatic heterocycles. The molecule has 0 radical (unpaired) electrons. The fourth-order valence-electron chi connectivity index (χ4n) is 6.39. The van der Waals surface area contributed by atoms with Crippen molar-refractivity contribution in [2.75, 3.05) is 29.0 Å². The number of nitrogens with one attached hydrogen (secondary N) is 3. The first-order valence-electron chi connectivity index (χ1n) is 15.1. The Balaban J connectivity index is 0.00000230. The maximum absolute atomic E-state index is 13.2. The molecule has 3 aliphatic rings. The molecule has 10 nitrogen and oxygen atoms in total. The van der Waals surface area contributed by atoms with Crippen molar-refractivity contribution >= 4 is 71.1 Å². The summed E-state index contributed by atoms with van der Waals surface area (Å²) in [6.07, 6.45) is 7.07. The molecule has 0 bridgehead atoms. The van der Waals surface area contributed by atoms with Gasteiger partial charge in [-0.3, -0.25) is 0 Å². The largest absolute Gasteiger partial charge is 0.416 e. The number of hydrogen-bond donors (Lipinski definition) is 4. The molecular weight excluding hydrogens is 654 g/mol. The number of imidazole rings is 1. The van der Waals surface area contributed by atoms with Crippen molar-refractivity contribution in [1.82, 2.24) is 24.4 Å². The van der Waals surface area contributed by atoms with Crippen LogP contribution in [0.3, 0.4) is 0 Å². The predicted molar refractivity (Wildman–Crippen MR) is 175 cm³/mol. The lowest BCUT2D eigenvalue weighted by atomic mass is 9.92. The van der Waals surface area contributed by atoms with Crippen LogP contribution in [0, 0.1) is 0 Å². The zero-order chi connectivity index (χ0) is 30.1. The Kier molecular flexibility index (Phi) is 11.5. The van der Waals surface area contributed by atoms with Crippen molar-refractivity contribution in [2.24, 2.45) is 5.73 Å². The minimum atomic E-state index is -4.53. The minimum Gasteiger partial charge on any atom is -0.365 e. The normalized spacial score (nSPS) is 21.2. The molecule has 1 saturated heterocycles. The summed E-state index contributed by atoms with van der Waals surface area (Å²) in [5.41, 5.74) is 6.71. The summed E-state index contributed by atoms with van der Waals surface area (Å²) in [6.45, 7) is 0.830. The second kappa shape index (κ2) is 14.8. The lowest BCUT2D eigenvalue weighted by Crippen LogP contribution is -2.44. The van der Waals surface area contributed by atoms with Gasteiger partial charge in [-0.25, -0.2) is 9.78 Å². The van der Waals surface area contributed by atoms with Crippen molar-refractivity contribution in [3.8, 4) is 0 Å². The fraction of sp³-hybridized carbons (Fsp3) is 0.586. The van der Waals surface area contributed by atoms with Crippen LogP contribution in [0.5, 0.6) is 0 Å². The lowest BCUT2D eigenvalue weighted by Gasteiger charge is -2.33. The number of fused-ring (bicyclic) bond motifs is 1. The Hall–Kier alpha value is -2.74. The van der Waals surface area contributed by atoms with Gasteiger partial charge in [0.15, 0.2) is 17.0 Å². The number of rotatable bonds is 6. The number of anilines is 3. The number of hydrogen-bond acceptors (Lipinski definition) is 7. The summed E-state index contributed by atoms with van der Waals surface area (Å²) < 4.78 is 41.6. The Morgan fingerprint density at radius 3 is 2.27 bits per heavy atom. The number of aromatic nitrogens is 4. The second-order valence-electron chi connectivity index (χ2n) is 11.9. The van der Waals surface area contributed by atoms with Crippen molar-refractivity contribution in [1.29, 1.82) is 0 Å². The van der Waals surface area contributed by atoms with Gasteiger partial charge < -0.3 is 31.2 Å². The van der Waals surface area contributed by atoms with E-state index < -0.39 is 17.8 Å². The maximum atomic E-state index is 13.2. The van der Waals surface area contributed by atoms with Crippen LogP contribution >= 0.6 is 36.4 Å². The van der Waals surface area contributed by atoms with E-state index in [4.69, 9.17) is 32.3 Å². The van der Waals surface area contributed by atoms with Gasteiger partial charge in [0.2, 0.25) is 5.95 Å². The van der Waals surface area contributed by atoms with Crippen LogP contribution in [-0.2, 0) is 6.18 Å². The monoisotopic (exact) mass is 691 g/mol. The van der Waals surface area contributed by atoms with E-state index in [1.165, 1.54) is 12.8 Å². The molecule has 16 heteroatoms. The predicted octanol–water partition coefficient (Wildman–Crippen LogP) is 7.25. The Morgan fingerprint density at radius 1 is 0.933 bits per heavy atom. The summed E-state index contributed by atoms with van der Waals surface area (Å²) in [7, 11) is 0. The first-order valence-corrected chi connectivity index (χ1v) is 15.5. The van der Waals surface area contributed by atoms with E-state index >= 15 is 0 Å². The molecular formula is C29H39Cl3F3N9O. The first kappa shape index (κ1) is 35.1. The third kappa shape index (κ3) is 8.16. The van der Waals surface area contributed by atoms with Gasteiger partial charge in [0, 0.05) is 37.3 Å². The molecule has 6 rings (SSSR count). The molecule has 2 amide bonds. The van der Waals surface area contributed by atoms with E-state index in [0.717, 1.165) is 67.9 Å². The minimum absolute atomic E-state index is 0. The van der Waals surface area contributed by atoms with E-state index in [1.54, 1.807) is 4.90 Å². The molecule has 0 unspecified atom stereocenters. The van der Waals surface area contributed by atoms with Crippen LogP contribution in [0.25, 0.3) is 11.2 Å². The van der Waals surface area contributed by atoms with E-state index in [0.29, 0.717) is 43.7 Å². The molecule has 0 spiro atoms. The number of amides is 2. The topological polar surface area (TPSA) is 126 Å². The zero-order valence-corrected chi connectivity index (χ0v) is 27.0. The molecule has 2 saturated carbocycles. The zero-order valence-electron chi connectivity index (χ0n) is 24.7. The number of likely N-dealkylation sites (tertiary alicyclic amines) is 1. The highest BCUT2D eigenvalue weighted by atomic mass is 35.5. The number of carbonyl (C=O) groups excluding carboxylic acids is 1. The molecule has 5 N–H and O–H groups in total. The number of carbonyl (C=O) groups is 1. The third-order valence-electron chi connectivity index (χ3n) is 8.90. The highest BCUT2D eigenvalue weighted by Gasteiger charge is 2.32. The van der Waals surface area contributed by atoms with Crippen LogP contribution < -0.4 is 21.7 Å². The molecule has 3 fully saturated rings. The van der Waals surface area contributed by atoms with Gasteiger partial charge in [-0.2, -0.15) is 23.1 Å². The summed E-state index contributed by atoms with van der Waals surface area (Å²) >= 11 is 6.07. The van der Waals surface area contributed by atoms with Crippen molar-refractivity contribution in [3.05, 3.63) is 35.1 Å². The fourth-order valence-corrected chi connectivity index (χ4v) is 6.55. The van der Waals surface area contributed by atoms with Crippen LogP contribution in [0.15, 0.2) is 24.5 Å². The van der Waals surface area contributed by atoms with Crippen LogP contribution in [0.1, 0.15) is 75.8 Å². The molecule has 248 valence electrons. The first-order chi connectivity index (χ1) is 20.6. The number of alkyl halides is 3. The Labute approximate surface area is 277 Å². The standard InChI is InChI=1S/C29H37ClF3N9O.2ClH/c30-22-10-5-17(29(31,32)33)15-23(22)38-28(43)41-13-11-20(12-14-41)36-25-24-26(42(16-35-24)21-3-1-2-4-21)40-27(39-25)37-19-8-6-18(34)7-9-19;;/h5,10,15-16,18-21H,1-4,6-9,11-14,34H2,(H,38,43)(H2,36,37,39,40);2*1H. The van der Waals surface area contributed by atoms with E-state index in [9.17, 15) is 18.0 Å². The molecule has 2 aliphatic carbocycles. The number of nitrogens with two attached hydrogens (primary N) is 1. The molecule has 3 aromatic rings. The van der Waals surface area contributed by atoms with Crippen molar-refractivity contribution in [3.63, 3.8) is 0 Å². The summed E-state index contributed by atoms with van der Waals surface area (Å²) in [5, 5.41) is 9.69. The SMILES string of the molecule is Cl.Cl.NC1CCC(Nc2nc(NC3CCN(C(=O)Nc4cc(C(F)(F)F)ccc4Cl)CC3)c3ncn(C4CCCC4)c3n2)CC1. The van der Waals surface area contributed by atoms with Gasteiger partial charge in [-0.05, 0) is 69.6 Å². The van der Waals surface area contributed by atoms with Gasteiger partial charge in [-0.15, -0.1) is 24.8 Å². The van der Waals surface area contributed by atoms with Gasteiger partial charge in [0.25, 0.3) is 0 Å². The van der Waals surface area contributed by atoms with E-state index in [2.05, 4.69) is 20.5 Å². The van der Waals surface area contributed by atoms with Crippen LogP contribution in [0.2, 0.25) is 5.02 Å². The van der Waals surface area contributed by atoms with E-state index in [-0.39, 0.29) is 53.6 Å². The van der Waals surface area contributed by atoms with Gasteiger partial charge >= 0.3 is 12.2 Å². The number of halogens is 6. The third-order valence-corrected chi connectivity index (χ3v) is 9.23. The number of urea groups is 1. The quantitative estimate of drug-likeness (QED) is 0.215. The van der Waals surface area contributed by atoms with Gasteiger partial charge in [0.05, 0.1) is 22.6 Å². The summed E-state index contributed by atoms with van der Waals surface area (Å²) in [6, 6.07) is 3.31. The maximum Gasteiger partial charge on any atom is 0.416 e. The van der Waals surface area contributed by atoms with Crippen molar-refractivity contribution in [2.45, 2.75) is 94.6 Å². The van der Waals surface area contributed by atoms with Crippen LogP contribution in [-0.4, -0.2) is 61.7 Å². The van der Waals surface area contributed by atoms with E-state index in [1.807, 2.05) is 6.33 Å². The number of nitrogens with zero attached hydrogens (tertiary/aromatic N) is 5. The average molecular weight is 693 g/mol. The molecule has 1 aromatic carbocycles. The van der Waals surface area contributed by atoms with Crippen molar-refractivity contribution < 1.29 is 18.0 Å². The molecule has 45 heavy (non-hydrogen) atoms. The highest BCUT2D eigenvalue weighted by molar-refractivity contribution is 6.33. The second-order valence-corrected chi connectivity index (χ2v) is 12.3. The number of benzene rings is 1. The van der Waals surface area contributed by atoms with Gasteiger partial charge in [0.1, 0.15) is 0 Å². The molecule has 0 atom stereocenters. The molecule has 1 aliphatic heterocycles. The molecule has 3 heterocycles. The summed E-state index contributed by atoms with van der Waals surface area (Å²) in [4.78, 5) is 29.0. The Morgan fingerprint density at radius 2 is 1.60 bits per heavy atom. The Bertz CT molecular complexity index is 1450. The van der Waals surface area contributed by atoms with Crippen LogP contribution in [0.4, 0.5) is 35.4 Å². The lowest BCUT2D eigenvalue weighted by molar-refractivity contribution is -0.137.